The highest BCUT2D eigenvalue weighted by Crippen LogP contribution is 2.27. The molecule has 3 nitrogen and oxygen atoms in total. The Morgan fingerprint density at radius 2 is 1.86 bits per heavy atom. The van der Waals surface area contributed by atoms with E-state index in [9.17, 15) is 5.11 Å². The van der Waals surface area contributed by atoms with Gasteiger partial charge >= 0.3 is 0 Å². The van der Waals surface area contributed by atoms with Gasteiger partial charge in [-0.1, -0.05) is 12.8 Å². The van der Waals surface area contributed by atoms with Crippen LogP contribution in [-0.4, -0.2) is 37.6 Å². The number of aliphatic hydroxyl groups is 1. The van der Waals surface area contributed by atoms with Crippen LogP contribution in [0.3, 0.4) is 0 Å². The van der Waals surface area contributed by atoms with Crippen LogP contribution in [0.15, 0.2) is 0 Å². The molecule has 0 aromatic heterocycles. The lowest BCUT2D eigenvalue weighted by molar-refractivity contribution is -0.0143. The zero-order valence-electron chi connectivity index (χ0n) is 9.08. The van der Waals surface area contributed by atoms with Gasteiger partial charge < -0.3 is 14.6 Å². The molecule has 3 heteroatoms. The van der Waals surface area contributed by atoms with Crippen LogP contribution in [0, 0.1) is 5.92 Å². The van der Waals surface area contributed by atoms with E-state index in [1.54, 1.807) is 0 Å². The molecule has 84 valence electrons. The van der Waals surface area contributed by atoms with Crippen molar-refractivity contribution >= 4 is 0 Å². The number of ether oxygens (including phenoxy) is 2. The van der Waals surface area contributed by atoms with Crippen molar-refractivity contribution in [2.45, 2.75) is 38.7 Å². The highest BCUT2D eigenvalue weighted by Gasteiger charge is 2.22. The molecule has 14 heavy (non-hydrogen) atoms. The van der Waals surface area contributed by atoms with Crippen molar-refractivity contribution in [2.75, 3.05) is 26.4 Å². The average molecular weight is 202 g/mol. The van der Waals surface area contributed by atoms with Gasteiger partial charge in [-0.25, -0.2) is 0 Å². The van der Waals surface area contributed by atoms with Crippen molar-refractivity contribution in [3.05, 3.63) is 0 Å². The Labute approximate surface area is 86.4 Å². The van der Waals surface area contributed by atoms with Crippen molar-refractivity contribution < 1.29 is 14.6 Å². The molecule has 0 aromatic carbocycles. The van der Waals surface area contributed by atoms with Gasteiger partial charge in [0.1, 0.15) is 0 Å². The maximum atomic E-state index is 9.74. The second-order valence-corrected chi connectivity index (χ2v) is 3.88. The number of hydrogen-bond acceptors (Lipinski definition) is 3. The monoisotopic (exact) mass is 202 g/mol. The second kappa shape index (κ2) is 7.21. The SMILES string of the molecule is CCOCCOCC(O)C1CCCC1. The minimum absolute atomic E-state index is 0.265. The van der Waals surface area contributed by atoms with Gasteiger partial charge in [0.05, 0.1) is 25.9 Å². The molecule has 1 rings (SSSR count). The molecule has 0 aliphatic heterocycles. The van der Waals surface area contributed by atoms with Gasteiger partial charge in [-0.2, -0.15) is 0 Å². The van der Waals surface area contributed by atoms with E-state index in [2.05, 4.69) is 0 Å². The third-order valence-corrected chi connectivity index (χ3v) is 2.81. The molecule has 0 aromatic rings. The lowest BCUT2D eigenvalue weighted by Gasteiger charge is -2.17. The number of aliphatic hydroxyl groups excluding tert-OH is 1. The third kappa shape index (κ3) is 4.40. The van der Waals surface area contributed by atoms with Gasteiger partial charge in [-0.05, 0) is 25.7 Å². The maximum absolute atomic E-state index is 9.74. The largest absolute Gasteiger partial charge is 0.390 e. The van der Waals surface area contributed by atoms with Crippen LogP contribution in [0.1, 0.15) is 32.6 Å². The fourth-order valence-electron chi connectivity index (χ4n) is 1.94. The molecular weight excluding hydrogens is 180 g/mol. The molecule has 1 unspecified atom stereocenters. The molecule has 1 N–H and O–H groups in total. The van der Waals surface area contributed by atoms with Crippen LogP contribution in [0.4, 0.5) is 0 Å². The van der Waals surface area contributed by atoms with Crippen molar-refractivity contribution in [2.24, 2.45) is 5.92 Å². The van der Waals surface area contributed by atoms with Crippen molar-refractivity contribution in [1.29, 1.82) is 0 Å². The van der Waals surface area contributed by atoms with Crippen LogP contribution < -0.4 is 0 Å². The zero-order valence-corrected chi connectivity index (χ0v) is 9.08. The minimum atomic E-state index is -0.265. The molecule has 1 aliphatic carbocycles. The summed E-state index contributed by atoms with van der Waals surface area (Å²) in [5.74, 6) is 0.474. The first kappa shape index (κ1) is 12.0. The van der Waals surface area contributed by atoms with E-state index >= 15 is 0 Å². The highest BCUT2D eigenvalue weighted by molar-refractivity contribution is 4.74. The fraction of sp³-hybridized carbons (Fsp3) is 1.00. The van der Waals surface area contributed by atoms with Crippen LogP contribution in [-0.2, 0) is 9.47 Å². The fourth-order valence-corrected chi connectivity index (χ4v) is 1.94. The average Bonchev–Trinajstić information content (AvgIpc) is 2.70. The van der Waals surface area contributed by atoms with E-state index in [0.29, 0.717) is 25.7 Å². The van der Waals surface area contributed by atoms with Crippen molar-refractivity contribution in [3.8, 4) is 0 Å². The normalized spacial score (nSPS) is 20.1. The van der Waals surface area contributed by atoms with Gasteiger partial charge in [0, 0.05) is 6.61 Å². The Bertz CT molecular complexity index is 132. The zero-order chi connectivity index (χ0) is 10.2. The van der Waals surface area contributed by atoms with E-state index in [4.69, 9.17) is 9.47 Å². The Morgan fingerprint density at radius 1 is 1.21 bits per heavy atom. The van der Waals surface area contributed by atoms with Gasteiger partial charge in [0.15, 0.2) is 0 Å². The lowest BCUT2D eigenvalue weighted by Crippen LogP contribution is -2.24. The third-order valence-electron chi connectivity index (χ3n) is 2.81. The summed E-state index contributed by atoms with van der Waals surface area (Å²) in [4.78, 5) is 0. The quantitative estimate of drug-likeness (QED) is 0.637. The summed E-state index contributed by atoms with van der Waals surface area (Å²) in [5.41, 5.74) is 0. The van der Waals surface area contributed by atoms with Gasteiger partial charge in [0.2, 0.25) is 0 Å². The van der Waals surface area contributed by atoms with Gasteiger partial charge in [0.25, 0.3) is 0 Å². The Balaban J connectivity index is 1.94. The molecular formula is C11H22O3. The number of hydrogen-bond donors (Lipinski definition) is 1. The summed E-state index contributed by atoms with van der Waals surface area (Å²) in [6, 6.07) is 0. The topological polar surface area (TPSA) is 38.7 Å². The van der Waals surface area contributed by atoms with Crippen molar-refractivity contribution in [1.82, 2.24) is 0 Å². The molecule has 1 fully saturated rings. The Kier molecular flexibility index (Phi) is 6.15. The minimum Gasteiger partial charge on any atom is -0.390 e. The van der Waals surface area contributed by atoms with Crippen LogP contribution in [0.2, 0.25) is 0 Å². The maximum Gasteiger partial charge on any atom is 0.0801 e. The highest BCUT2D eigenvalue weighted by atomic mass is 16.5. The first-order valence-corrected chi connectivity index (χ1v) is 5.68. The molecule has 1 aliphatic rings. The van der Waals surface area contributed by atoms with Crippen LogP contribution in [0.25, 0.3) is 0 Å². The lowest BCUT2D eigenvalue weighted by atomic mass is 10.0. The summed E-state index contributed by atoms with van der Waals surface area (Å²) in [6.45, 7) is 4.39. The first-order chi connectivity index (χ1) is 6.84. The molecule has 0 amide bonds. The molecule has 0 bridgehead atoms. The molecule has 1 atom stereocenters. The first-order valence-electron chi connectivity index (χ1n) is 5.68. The molecule has 0 saturated heterocycles. The van der Waals surface area contributed by atoms with E-state index in [-0.39, 0.29) is 6.10 Å². The predicted molar refractivity (Wildman–Crippen MR) is 55.3 cm³/mol. The molecule has 0 radical (unpaired) electrons. The van der Waals surface area contributed by atoms with Gasteiger partial charge in [-0.3, -0.25) is 0 Å². The molecule has 0 spiro atoms. The standard InChI is InChI=1S/C11H22O3/c1-2-13-7-8-14-9-11(12)10-5-3-4-6-10/h10-12H,2-9H2,1H3. The molecule has 1 saturated carbocycles. The summed E-state index contributed by atoms with van der Waals surface area (Å²) in [6.07, 6.45) is 4.59. The van der Waals surface area contributed by atoms with E-state index in [0.717, 1.165) is 19.4 Å². The summed E-state index contributed by atoms with van der Waals surface area (Å²) in [5, 5.41) is 9.74. The van der Waals surface area contributed by atoms with Crippen molar-refractivity contribution in [3.63, 3.8) is 0 Å². The number of rotatable bonds is 7. The summed E-state index contributed by atoms with van der Waals surface area (Å²) in [7, 11) is 0. The van der Waals surface area contributed by atoms with Crippen LogP contribution in [0.5, 0.6) is 0 Å². The Morgan fingerprint density at radius 3 is 2.50 bits per heavy atom. The molecule has 0 heterocycles. The second-order valence-electron chi connectivity index (χ2n) is 3.88. The smallest absolute Gasteiger partial charge is 0.0801 e. The van der Waals surface area contributed by atoms with E-state index in [1.807, 2.05) is 6.92 Å². The summed E-state index contributed by atoms with van der Waals surface area (Å²) < 4.78 is 10.5. The summed E-state index contributed by atoms with van der Waals surface area (Å²) >= 11 is 0. The van der Waals surface area contributed by atoms with Crippen LogP contribution >= 0.6 is 0 Å². The van der Waals surface area contributed by atoms with Gasteiger partial charge in [-0.15, -0.1) is 0 Å². The van der Waals surface area contributed by atoms with E-state index in [1.165, 1.54) is 12.8 Å². The van der Waals surface area contributed by atoms with E-state index < -0.39 is 0 Å². The predicted octanol–water partition coefficient (Wildman–Crippen LogP) is 1.59. The Hall–Kier alpha value is -0.120.